The maximum absolute atomic E-state index is 10.9. The number of nitrogens with zero attached hydrogens (tertiary/aromatic N) is 1. The molecule has 0 radical (unpaired) electrons. The third-order valence-corrected chi connectivity index (χ3v) is 2.27. The first kappa shape index (κ1) is 8.13. The molecule has 66 valence electrons. The highest BCUT2D eigenvalue weighted by Gasteiger charge is 2.10. The summed E-state index contributed by atoms with van der Waals surface area (Å²) in [4.78, 5) is 10.9. The topological polar surface area (TPSA) is 48.0 Å². The van der Waals surface area contributed by atoms with Gasteiger partial charge in [-0.25, -0.2) is 4.09 Å². The normalized spacial score (nSPS) is 10.5. The summed E-state index contributed by atoms with van der Waals surface area (Å²) >= 11 is 5.87. The number of amides is 1. The number of para-hydroxylation sites is 1. The molecule has 1 heterocycles. The molecule has 3 nitrogen and oxygen atoms in total. The van der Waals surface area contributed by atoms with Crippen LogP contribution in [0.2, 0.25) is 0 Å². The van der Waals surface area contributed by atoms with Crippen molar-refractivity contribution >= 4 is 28.6 Å². The van der Waals surface area contributed by atoms with Gasteiger partial charge in [0.1, 0.15) is 5.69 Å². The van der Waals surface area contributed by atoms with Crippen molar-refractivity contribution in [1.29, 1.82) is 0 Å². The van der Waals surface area contributed by atoms with E-state index in [1.807, 2.05) is 24.3 Å². The summed E-state index contributed by atoms with van der Waals surface area (Å²) in [6, 6.07) is 9.11. The smallest absolute Gasteiger partial charge is 0.266 e. The summed E-state index contributed by atoms with van der Waals surface area (Å²) in [6.07, 6.45) is 0. The molecule has 0 aliphatic carbocycles. The van der Waals surface area contributed by atoms with Crippen molar-refractivity contribution in [1.82, 2.24) is 4.09 Å². The number of hydrogen-bond acceptors (Lipinski definition) is 1. The van der Waals surface area contributed by atoms with Gasteiger partial charge in [-0.3, -0.25) is 4.79 Å². The minimum Gasteiger partial charge on any atom is -0.364 e. The SMILES string of the molecule is NC(=O)c1cc2ccccc2n1Cl. The van der Waals surface area contributed by atoms with Gasteiger partial charge < -0.3 is 5.73 Å². The molecule has 2 rings (SSSR count). The number of halogens is 1. The number of nitrogens with two attached hydrogens (primary N) is 1. The van der Waals surface area contributed by atoms with Crippen molar-refractivity contribution in [2.75, 3.05) is 0 Å². The Kier molecular flexibility index (Phi) is 1.74. The number of benzene rings is 1. The van der Waals surface area contributed by atoms with E-state index in [4.69, 9.17) is 17.5 Å². The average Bonchev–Trinajstić information content (AvgIpc) is 2.45. The van der Waals surface area contributed by atoms with E-state index in [2.05, 4.69) is 0 Å². The van der Waals surface area contributed by atoms with Crippen LogP contribution in [0.1, 0.15) is 10.5 Å². The van der Waals surface area contributed by atoms with Crippen molar-refractivity contribution in [2.24, 2.45) is 5.73 Å². The molecule has 0 saturated carbocycles. The second-order valence-electron chi connectivity index (χ2n) is 2.73. The minimum atomic E-state index is -0.522. The summed E-state index contributed by atoms with van der Waals surface area (Å²) in [5.74, 6) is -0.522. The molecule has 0 unspecified atom stereocenters. The second-order valence-corrected chi connectivity index (χ2v) is 3.07. The van der Waals surface area contributed by atoms with Gasteiger partial charge in [0.25, 0.3) is 5.91 Å². The first-order chi connectivity index (χ1) is 6.20. The van der Waals surface area contributed by atoms with Gasteiger partial charge in [-0.2, -0.15) is 0 Å². The molecule has 0 spiro atoms. The highest BCUT2D eigenvalue weighted by molar-refractivity contribution is 6.22. The van der Waals surface area contributed by atoms with E-state index in [9.17, 15) is 4.79 Å². The lowest BCUT2D eigenvalue weighted by molar-refractivity contribution is 0.0995. The Hall–Kier alpha value is -1.48. The average molecular weight is 195 g/mol. The minimum absolute atomic E-state index is 0.308. The lowest BCUT2D eigenvalue weighted by Gasteiger charge is -1.94. The number of fused-ring (bicyclic) bond motifs is 1. The van der Waals surface area contributed by atoms with E-state index in [1.54, 1.807) is 6.07 Å². The molecule has 0 bridgehead atoms. The molecule has 0 aliphatic heterocycles. The number of rotatable bonds is 1. The van der Waals surface area contributed by atoms with E-state index in [0.29, 0.717) is 5.69 Å². The molecule has 1 amide bonds. The van der Waals surface area contributed by atoms with Gasteiger partial charge >= 0.3 is 0 Å². The highest BCUT2D eigenvalue weighted by Crippen LogP contribution is 2.20. The van der Waals surface area contributed by atoms with Crippen LogP contribution in [0.3, 0.4) is 0 Å². The van der Waals surface area contributed by atoms with E-state index in [1.165, 1.54) is 4.09 Å². The first-order valence-electron chi connectivity index (χ1n) is 3.76. The zero-order chi connectivity index (χ0) is 9.42. The van der Waals surface area contributed by atoms with Gasteiger partial charge in [0, 0.05) is 17.2 Å². The maximum Gasteiger partial charge on any atom is 0.266 e. The van der Waals surface area contributed by atoms with Crippen LogP contribution in [0.4, 0.5) is 0 Å². The lowest BCUT2D eigenvalue weighted by Crippen LogP contribution is -2.13. The third kappa shape index (κ3) is 1.17. The predicted octanol–water partition coefficient (Wildman–Crippen LogP) is 1.74. The fraction of sp³-hybridized carbons (Fsp3) is 0. The van der Waals surface area contributed by atoms with E-state index < -0.39 is 5.91 Å². The number of primary amides is 1. The van der Waals surface area contributed by atoms with Crippen molar-refractivity contribution in [2.45, 2.75) is 0 Å². The molecule has 1 aromatic heterocycles. The van der Waals surface area contributed by atoms with E-state index in [-0.39, 0.29) is 0 Å². The van der Waals surface area contributed by atoms with Gasteiger partial charge in [0.15, 0.2) is 0 Å². The Morgan fingerprint density at radius 3 is 2.69 bits per heavy atom. The van der Waals surface area contributed by atoms with Gasteiger partial charge in [0.2, 0.25) is 0 Å². The molecular formula is C9H7ClN2O. The zero-order valence-electron chi connectivity index (χ0n) is 6.70. The standard InChI is InChI=1S/C9H7ClN2O/c10-12-7-4-2-1-3-6(7)5-8(12)9(11)13/h1-5H,(H2,11,13). The maximum atomic E-state index is 10.9. The Morgan fingerprint density at radius 1 is 1.38 bits per heavy atom. The summed E-state index contributed by atoms with van der Waals surface area (Å²) in [5, 5.41) is 0.909. The van der Waals surface area contributed by atoms with Crippen molar-refractivity contribution in [3.63, 3.8) is 0 Å². The summed E-state index contributed by atoms with van der Waals surface area (Å²) in [6.45, 7) is 0. The molecule has 13 heavy (non-hydrogen) atoms. The van der Waals surface area contributed by atoms with Gasteiger partial charge in [0.05, 0.1) is 5.52 Å². The van der Waals surface area contributed by atoms with Crippen LogP contribution in [-0.2, 0) is 0 Å². The van der Waals surface area contributed by atoms with Crippen LogP contribution in [0.25, 0.3) is 10.9 Å². The van der Waals surface area contributed by atoms with Crippen molar-refractivity contribution in [3.8, 4) is 0 Å². The number of carbonyl (C=O) groups is 1. The molecule has 0 saturated heterocycles. The Bertz CT molecular complexity index is 475. The van der Waals surface area contributed by atoms with Crippen LogP contribution in [0, 0.1) is 0 Å². The Balaban J connectivity index is 2.81. The molecule has 0 fully saturated rings. The van der Waals surface area contributed by atoms with Crippen LogP contribution < -0.4 is 5.73 Å². The monoisotopic (exact) mass is 194 g/mol. The van der Waals surface area contributed by atoms with Crippen LogP contribution in [-0.4, -0.2) is 9.99 Å². The van der Waals surface area contributed by atoms with Crippen LogP contribution in [0.15, 0.2) is 30.3 Å². The zero-order valence-corrected chi connectivity index (χ0v) is 7.45. The molecule has 1 aromatic carbocycles. The fourth-order valence-electron chi connectivity index (χ4n) is 1.29. The molecule has 0 aliphatic rings. The molecular weight excluding hydrogens is 188 g/mol. The third-order valence-electron chi connectivity index (χ3n) is 1.90. The second kappa shape index (κ2) is 2.78. The number of carbonyl (C=O) groups excluding carboxylic acids is 1. The molecule has 0 atom stereocenters. The van der Waals surface area contributed by atoms with Crippen molar-refractivity contribution in [3.05, 3.63) is 36.0 Å². The Morgan fingerprint density at radius 2 is 2.08 bits per heavy atom. The van der Waals surface area contributed by atoms with E-state index in [0.717, 1.165) is 10.9 Å². The van der Waals surface area contributed by atoms with Crippen LogP contribution >= 0.6 is 11.8 Å². The van der Waals surface area contributed by atoms with Gasteiger partial charge in [-0.05, 0) is 12.1 Å². The lowest BCUT2D eigenvalue weighted by atomic mass is 10.2. The van der Waals surface area contributed by atoms with Crippen molar-refractivity contribution < 1.29 is 4.79 Å². The molecule has 2 N–H and O–H groups in total. The quantitative estimate of drug-likeness (QED) is 0.739. The summed E-state index contributed by atoms with van der Waals surface area (Å²) in [5.41, 5.74) is 6.23. The van der Waals surface area contributed by atoms with Crippen LogP contribution in [0.5, 0.6) is 0 Å². The predicted molar refractivity (Wildman–Crippen MR) is 51.7 cm³/mol. The van der Waals surface area contributed by atoms with E-state index >= 15 is 0 Å². The van der Waals surface area contributed by atoms with Gasteiger partial charge in [-0.15, -0.1) is 0 Å². The first-order valence-corrected chi connectivity index (χ1v) is 4.10. The summed E-state index contributed by atoms with van der Waals surface area (Å²) in [7, 11) is 0. The fourth-order valence-corrected chi connectivity index (χ4v) is 1.58. The number of aromatic nitrogens is 1. The van der Waals surface area contributed by atoms with Gasteiger partial charge in [-0.1, -0.05) is 18.2 Å². The Labute approximate surface area is 79.8 Å². The summed E-state index contributed by atoms with van der Waals surface area (Å²) < 4.78 is 1.28. The molecule has 4 heteroatoms. The largest absolute Gasteiger partial charge is 0.364 e. The highest BCUT2D eigenvalue weighted by atomic mass is 35.5. The molecule has 2 aromatic rings. The number of hydrogen-bond donors (Lipinski definition) is 1.